The highest BCUT2D eigenvalue weighted by molar-refractivity contribution is 6.32. The fourth-order valence-electron chi connectivity index (χ4n) is 1.81. The van der Waals surface area contributed by atoms with Crippen molar-refractivity contribution in [2.75, 3.05) is 33.2 Å². The van der Waals surface area contributed by atoms with Crippen LogP contribution in [0.1, 0.15) is 5.56 Å². The smallest absolute Gasteiger partial charge is 0.288 e. The second kappa shape index (κ2) is 7.42. The summed E-state index contributed by atoms with van der Waals surface area (Å²) in [7, 11) is 2.07. The number of benzene rings is 1. The Labute approximate surface area is 128 Å². The highest BCUT2D eigenvalue weighted by Gasteiger charge is 2.13. The van der Waals surface area contributed by atoms with Crippen LogP contribution in [0.25, 0.3) is 0 Å². The molecule has 8 heteroatoms. The number of likely N-dealkylation sites (N-methyl/N-ethyl adjacent to an activating group) is 1. The molecule has 0 aromatic heterocycles. The zero-order valence-electron chi connectivity index (χ0n) is 11.0. The van der Waals surface area contributed by atoms with Gasteiger partial charge in [0.2, 0.25) is 0 Å². The standard InChI is InChI=1S/C12H15ClN4O2.ClH/c1-15-4-6-16(7-5-15)14-9-10-2-3-11(13)12(8-10)17(18)19;/h2-3,8-9H,4-7H2,1H3;1H/b14-9+;. The molecule has 1 fully saturated rings. The van der Waals surface area contributed by atoms with Gasteiger partial charge in [0, 0.05) is 37.8 Å². The van der Waals surface area contributed by atoms with Gasteiger partial charge in [0.25, 0.3) is 5.69 Å². The maximum atomic E-state index is 10.8. The van der Waals surface area contributed by atoms with E-state index in [1.807, 2.05) is 5.01 Å². The lowest BCUT2D eigenvalue weighted by molar-refractivity contribution is -0.384. The lowest BCUT2D eigenvalue weighted by Crippen LogP contribution is -2.41. The summed E-state index contributed by atoms with van der Waals surface area (Å²) in [5.74, 6) is 0. The number of nitro groups is 1. The zero-order chi connectivity index (χ0) is 13.8. The molecule has 20 heavy (non-hydrogen) atoms. The van der Waals surface area contributed by atoms with Crippen molar-refractivity contribution in [3.05, 3.63) is 38.9 Å². The van der Waals surface area contributed by atoms with Gasteiger partial charge in [-0.05, 0) is 13.1 Å². The molecule has 110 valence electrons. The zero-order valence-corrected chi connectivity index (χ0v) is 12.6. The summed E-state index contributed by atoms with van der Waals surface area (Å²) < 4.78 is 0. The monoisotopic (exact) mass is 318 g/mol. The number of nitro benzene ring substituents is 1. The Kier molecular flexibility index (Phi) is 6.19. The van der Waals surface area contributed by atoms with Gasteiger partial charge < -0.3 is 4.90 Å². The van der Waals surface area contributed by atoms with Crippen LogP contribution in [-0.2, 0) is 0 Å². The average molecular weight is 319 g/mol. The molecule has 1 aliphatic heterocycles. The third-order valence-electron chi connectivity index (χ3n) is 3.02. The number of hydrogen-bond acceptors (Lipinski definition) is 5. The Balaban J connectivity index is 0.00000200. The van der Waals surface area contributed by atoms with E-state index in [0.29, 0.717) is 5.56 Å². The van der Waals surface area contributed by atoms with Crippen molar-refractivity contribution < 1.29 is 4.92 Å². The van der Waals surface area contributed by atoms with Gasteiger partial charge in [-0.1, -0.05) is 17.7 Å². The first kappa shape index (κ1) is 16.7. The van der Waals surface area contributed by atoms with Crippen LogP contribution in [0.2, 0.25) is 5.02 Å². The summed E-state index contributed by atoms with van der Waals surface area (Å²) in [6.07, 6.45) is 1.63. The molecule has 6 nitrogen and oxygen atoms in total. The second-order valence-electron chi connectivity index (χ2n) is 4.47. The maximum Gasteiger partial charge on any atom is 0.288 e. The fourth-order valence-corrected chi connectivity index (χ4v) is 2.00. The van der Waals surface area contributed by atoms with Gasteiger partial charge in [-0.25, -0.2) is 0 Å². The third-order valence-corrected chi connectivity index (χ3v) is 3.34. The first-order valence-electron chi connectivity index (χ1n) is 5.97. The predicted octanol–water partition coefficient (Wildman–Crippen LogP) is 2.25. The molecule has 0 bridgehead atoms. The van der Waals surface area contributed by atoms with E-state index in [0.717, 1.165) is 26.2 Å². The molecule has 0 aliphatic carbocycles. The molecule has 1 aromatic rings. The molecule has 1 aromatic carbocycles. The lowest BCUT2D eigenvalue weighted by atomic mass is 10.2. The van der Waals surface area contributed by atoms with Crippen molar-refractivity contribution in [2.45, 2.75) is 0 Å². The Morgan fingerprint density at radius 3 is 2.60 bits per heavy atom. The van der Waals surface area contributed by atoms with E-state index in [1.165, 1.54) is 12.1 Å². The van der Waals surface area contributed by atoms with E-state index in [9.17, 15) is 10.1 Å². The normalized spacial score (nSPS) is 16.2. The van der Waals surface area contributed by atoms with E-state index in [2.05, 4.69) is 17.0 Å². The Morgan fingerprint density at radius 2 is 2.00 bits per heavy atom. The summed E-state index contributed by atoms with van der Waals surface area (Å²) in [5.41, 5.74) is 0.582. The lowest BCUT2D eigenvalue weighted by Gasteiger charge is -2.30. The Morgan fingerprint density at radius 1 is 1.35 bits per heavy atom. The predicted molar refractivity (Wildman–Crippen MR) is 82.0 cm³/mol. The van der Waals surface area contributed by atoms with Crippen molar-refractivity contribution in [3.63, 3.8) is 0 Å². The Hall–Kier alpha value is -1.37. The van der Waals surface area contributed by atoms with Crippen molar-refractivity contribution >= 4 is 35.9 Å². The molecule has 1 heterocycles. The number of hydrogen-bond donors (Lipinski definition) is 0. The molecule has 2 rings (SSSR count). The molecule has 0 unspecified atom stereocenters. The molecule has 1 aliphatic rings. The second-order valence-corrected chi connectivity index (χ2v) is 4.88. The minimum Gasteiger partial charge on any atom is -0.303 e. The first-order chi connectivity index (χ1) is 9.06. The summed E-state index contributed by atoms with van der Waals surface area (Å²) in [4.78, 5) is 12.5. The van der Waals surface area contributed by atoms with Crippen molar-refractivity contribution in [1.82, 2.24) is 9.91 Å². The molecule has 0 atom stereocenters. The average Bonchev–Trinajstić information content (AvgIpc) is 2.39. The van der Waals surface area contributed by atoms with E-state index >= 15 is 0 Å². The SMILES string of the molecule is CN1CCN(/N=C/c2ccc(Cl)c([N+](=O)[O-])c2)CC1.Cl. The van der Waals surface area contributed by atoms with Crippen LogP contribution in [0.4, 0.5) is 5.69 Å². The van der Waals surface area contributed by atoms with Crippen LogP contribution < -0.4 is 0 Å². The van der Waals surface area contributed by atoms with E-state index in [1.54, 1.807) is 12.3 Å². The van der Waals surface area contributed by atoms with Crippen molar-refractivity contribution in [3.8, 4) is 0 Å². The van der Waals surface area contributed by atoms with Gasteiger partial charge >= 0.3 is 0 Å². The van der Waals surface area contributed by atoms with E-state index in [4.69, 9.17) is 11.6 Å². The van der Waals surface area contributed by atoms with Crippen LogP contribution in [0.3, 0.4) is 0 Å². The largest absolute Gasteiger partial charge is 0.303 e. The topological polar surface area (TPSA) is 62.0 Å². The minimum absolute atomic E-state index is 0. The molecule has 0 spiro atoms. The molecular formula is C12H16Cl2N4O2. The van der Waals surface area contributed by atoms with Gasteiger partial charge in [0.1, 0.15) is 5.02 Å². The number of hydrazone groups is 1. The quantitative estimate of drug-likeness (QED) is 0.487. The number of nitrogens with zero attached hydrogens (tertiary/aromatic N) is 4. The van der Waals surface area contributed by atoms with Crippen molar-refractivity contribution in [2.24, 2.45) is 5.10 Å². The van der Waals surface area contributed by atoms with Crippen LogP contribution in [-0.4, -0.2) is 54.3 Å². The summed E-state index contributed by atoms with van der Waals surface area (Å²) >= 11 is 5.75. The molecule has 0 saturated carbocycles. The molecular weight excluding hydrogens is 303 g/mol. The van der Waals surface area contributed by atoms with Crippen LogP contribution in [0.15, 0.2) is 23.3 Å². The summed E-state index contributed by atoms with van der Waals surface area (Å²) in [5, 5.41) is 17.2. The summed E-state index contributed by atoms with van der Waals surface area (Å²) in [6, 6.07) is 4.67. The Bertz CT molecular complexity index is 502. The van der Waals surface area contributed by atoms with Crippen molar-refractivity contribution in [1.29, 1.82) is 0 Å². The van der Waals surface area contributed by atoms with Gasteiger partial charge in [-0.15, -0.1) is 12.4 Å². The molecule has 0 N–H and O–H groups in total. The van der Waals surface area contributed by atoms with Crippen LogP contribution >= 0.6 is 24.0 Å². The number of halogens is 2. The van der Waals surface area contributed by atoms with Gasteiger partial charge in [0.15, 0.2) is 0 Å². The molecule has 1 saturated heterocycles. The van der Waals surface area contributed by atoms with E-state index < -0.39 is 4.92 Å². The van der Waals surface area contributed by atoms with E-state index in [-0.39, 0.29) is 23.1 Å². The van der Waals surface area contributed by atoms with Gasteiger partial charge in [0.05, 0.1) is 11.1 Å². The first-order valence-corrected chi connectivity index (χ1v) is 6.35. The highest BCUT2D eigenvalue weighted by atomic mass is 35.5. The minimum atomic E-state index is -0.491. The summed E-state index contributed by atoms with van der Waals surface area (Å²) in [6.45, 7) is 3.67. The molecule has 0 amide bonds. The van der Waals surface area contributed by atoms with Gasteiger partial charge in [-0.3, -0.25) is 15.1 Å². The van der Waals surface area contributed by atoms with Crippen LogP contribution in [0.5, 0.6) is 0 Å². The number of rotatable bonds is 3. The third kappa shape index (κ3) is 4.33. The van der Waals surface area contributed by atoms with Crippen LogP contribution in [0, 0.1) is 10.1 Å². The number of piperazine rings is 1. The maximum absolute atomic E-state index is 10.8. The fraction of sp³-hybridized carbons (Fsp3) is 0.417. The highest BCUT2D eigenvalue weighted by Crippen LogP contribution is 2.24. The molecule has 0 radical (unpaired) electrons. The van der Waals surface area contributed by atoms with Gasteiger partial charge in [-0.2, -0.15) is 5.10 Å².